The average Bonchev–Trinajstić information content (AvgIpc) is 2.15. The van der Waals surface area contributed by atoms with Gasteiger partial charge in [-0.15, -0.1) is 0 Å². The SMILES string of the molecule is COc1ccc([Se]CC(=O)O)cc1. The molecule has 0 aromatic heterocycles. The summed E-state index contributed by atoms with van der Waals surface area (Å²) in [7, 11) is 1.61. The molecule has 0 saturated heterocycles. The molecule has 0 spiro atoms. The summed E-state index contributed by atoms with van der Waals surface area (Å²) in [5.41, 5.74) is 0. The summed E-state index contributed by atoms with van der Waals surface area (Å²) in [6, 6.07) is 7.50. The van der Waals surface area contributed by atoms with Gasteiger partial charge in [-0.05, 0) is 0 Å². The molecule has 13 heavy (non-hydrogen) atoms. The summed E-state index contributed by atoms with van der Waals surface area (Å²) in [4.78, 5) is 10.3. The number of carbonyl (C=O) groups is 1. The quantitative estimate of drug-likeness (QED) is 0.787. The molecular weight excluding hydrogens is 235 g/mol. The molecular formula is C9H10O3Se. The first-order chi connectivity index (χ1) is 6.22. The van der Waals surface area contributed by atoms with Crippen molar-refractivity contribution in [3.05, 3.63) is 24.3 Å². The van der Waals surface area contributed by atoms with E-state index in [2.05, 4.69) is 0 Å². The van der Waals surface area contributed by atoms with E-state index in [1.54, 1.807) is 7.11 Å². The topological polar surface area (TPSA) is 46.5 Å². The number of benzene rings is 1. The Kier molecular flexibility index (Phi) is 3.80. The first-order valence-corrected chi connectivity index (χ1v) is 5.78. The Morgan fingerprint density at radius 1 is 1.46 bits per heavy atom. The van der Waals surface area contributed by atoms with Crippen LogP contribution in [0.3, 0.4) is 0 Å². The van der Waals surface area contributed by atoms with Crippen LogP contribution < -0.4 is 9.20 Å². The molecule has 0 aliphatic rings. The van der Waals surface area contributed by atoms with Crippen molar-refractivity contribution < 1.29 is 14.6 Å². The second kappa shape index (κ2) is 4.90. The van der Waals surface area contributed by atoms with E-state index in [0.717, 1.165) is 10.2 Å². The molecule has 0 fully saturated rings. The van der Waals surface area contributed by atoms with Crippen LogP contribution in [0.5, 0.6) is 5.75 Å². The molecule has 1 aromatic rings. The van der Waals surface area contributed by atoms with Crippen molar-refractivity contribution in [1.82, 2.24) is 0 Å². The van der Waals surface area contributed by atoms with Gasteiger partial charge in [-0.3, -0.25) is 0 Å². The third-order valence-corrected chi connectivity index (χ3v) is 3.51. The number of methoxy groups -OCH3 is 1. The Bertz CT molecular complexity index is 281. The van der Waals surface area contributed by atoms with Gasteiger partial charge in [0.2, 0.25) is 0 Å². The molecule has 0 bridgehead atoms. The van der Waals surface area contributed by atoms with Gasteiger partial charge in [0, 0.05) is 0 Å². The van der Waals surface area contributed by atoms with Gasteiger partial charge in [0.15, 0.2) is 0 Å². The van der Waals surface area contributed by atoms with E-state index < -0.39 is 5.97 Å². The number of carboxylic acid groups (broad SMARTS) is 1. The Balaban J connectivity index is 2.54. The zero-order valence-corrected chi connectivity index (χ0v) is 8.90. The third kappa shape index (κ3) is 3.49. The maximum atomic E-state index is 10.3. The van der Waals surface area contributed by atoms with Crippen molar-refractivity contribution in [2.45, 2.75) is 5.32 Å². The molecule has 4 heteroatoms. The summed E-state index contributed by atoms with van der Waals surface area (Å²) in [5, 5.41) is 8.70. The van der Waals surface area contributed by atoms with Crippen LogP contribution in [0.2, 0.25) is 5.32 Å². The summed E-state index contributed by atoms with van der Waals surface area (Å²) >= 11 is 0.0259. The number of ether oxygens (including phenoxy) is 1. The van der Waals surface area contributed by atoms with Crippen LogP contribution in [-0.4, -0.2) is 33.1 Å². The van der Waals surface area contributed by atoms with Gasteiger partial charge in [0.05, 0.1) is 0 Å². The molecule has 1 aromatic carbocycles. The van der Waals surface area contributed by atoms with Gasteiger partial charge in [0.1, 0.15) is 0 Å². The molecule has 3 nitrogen and oxygen atoms in total. The minimum atomic E-state index is -0.740. The van der Waals surface area contributed by atoms with E-state index in [9.17, 15) is 4.79 Å². The molecule has 70 valence electrons. The van der Waals surface area contributed by atoms with Gasteiger partial charge in [0.25, 0.3) is 0 Å². The predicted molar refractivity (Wildman–Crippen MR) is 50.8 cm³/mol. The first-order valence-electron chi connectivity index (χ1n) is 3.71. The minimum absolute atomic E-state index is 0.0259. The second-order valence-corrected chi connectivity index (χ2v) is 4.56. The fourth-order valence-corrected chi connectivity index (χ4v) is 2.12. The molecule has 0 aliphatic heterocycles. The predicted octanol–water partition coefficient (Wildman–Crippen LogP) is 0.528. The van der Waals surface area contributed by atoms with Gasteiger partial charge in [-0.25, -0.2) is 0 Å². The first kappa shape index (κ1) is 10.1. The van der Waals surface area contributed by atoms with Crippen molar-refractivity contribution in [3.8, 4) is 5.75 Å². The molecule has 0 saturated carbocycles. The molecule has 1 N–H and O–H groups in total. The standard InChI is InChI=1S/C9H10O3Se/c1-12-7-2-4-8(5-3-7)13-6-9(10)11/h2-5H,6H2,1H3,(H,10,11). The Morgan fingerprint density at radius 3 is 2.54 bits per heavy atom. The zero-order valence-electron chi connectivity index (χ0n) is 7.19. The maximum absolute atomic E-state index is 10.3. The third-order valence-electron chi connectivity index (χ3n) is 1.42. The molecule has 0 unspecified atom stereocenters. The Morgan fingerprint density at radius 2 is 2.08 bits per heavy atom. The van der Waals surface area contributed by atoms with Gasteiger partial charge in [-0.2, -0.15) is 0 Å². The molecule has 0 atom stereocenters. The summed E-state index contributed by atoms with van der Waals surface area (Å²) < 4.78 is 6.06. The van der Waals surface area contributed by atoms with Crippen molar-refractivity contribution in [2.24, 2.45) is 0 Å². The Hall–Kier alpha value is -0.991. The summed E-state index contributed by atoms with van der Waals surface area (Å²) in [6.45, 7) is 0. The van der Waals surface area contributed by atoms with Crippen LogP contribution >= 0.6 is 0 Å². The van der Waals surface area contributed by atoms with Crippen molar-refractivity contribution in [3.63, 3.8) is 0 Å². The van der Waals surface area contributed by atoms with E-state index in [1.165, 1.54) is 0 Å². The van der Waals surface area contributed by atoms with Crippen molar-refractivity contribution in [2.75, 3.05) is 7.11 Å². The molecule has 0 radical (unpaired) electrons. The summed E-state index contributed by atoms with van der Waals surface area (Å²) in [5.74, 6) is 0.0608. The normalized spacial score (nSPS) is 9.62. The average molecular weight is 245 g/mol. The molecule has 1 rings (SSSR count). The van der Waals surface area contributed by atoms with Crippen LogP contribution in [0.25, 0.3) is 0 Å². The zero-order chi connectivity index (χ0) is 9.68. The molecule has 0 amide bonds. The number of hydrogen-bond acceptors (Lipinski definition) is 2. The molecule has 0 heterocycles. The van der Waals surface area contributed by atoms with Gasteiger partial charge >= 0.3 is 82.5 Å². The van der Waals surface area contributed by atoms with Crippen molar-refractivity contribution >= 4 is 25.4 Å². The fourth-order valence-electron chi connectivity index (χ4n) is 0.817. The van der Waals surface area contributed by atoms with Crippen LogP contribution in [-0.2, 0) is 4.79 Å². The fraction of sp³-hybridized carbons (Fsp3) is 0.222. The van der Waals surface area contributed by atoms with E-state index in [0.29, 0.717) is 0 Å². The van der Waals surface area contributed by atoms with E-state index in [1.807, 2.05) is 24.3 Å². The van der Waals surface area contributed by atoms with Crippen molar-refractivity contribution in [1.29, 1.82) is 0 Å². The van der Waals surface area contributed by atoms with Crippen LogP contribution in [0.1, 0.15) is 0 Å². The van der Waals surface area contributed by atoms with E-state index in [4.69, 9.17) is 9.84 Å². The van der Waals surface area contributed by atoms with E-state index in [-0.39, 0.29) is 20.3 Å². The van der Waals surface area contributed by atoms with Crippen LogP contribution in [0.15, 0.2) is 24.3 Å². The van der Waals surface area contributed by atoms with Crippen LogP contribution in [0, 0.1) is 0 Å². The second-order valence-electron chi connectivity index (χ2n) is 2.36. The van der Waals surface area contributed by atoms with Gasteiger partial charge in [-0.1, -0.05) is 0 Å². The Labute approximate surface area is 82.9 Å². The summed E-state index contributed by atoms with van der Waals surface area (Å²) in [6.07, 6.45) is 0. The number of carboxylic acids is 1. The number of aliphatic carboxylic acids is 1. The molecule has 0 aliphatic carbocycles. The van der Waals surface area contributed by atoms with Gasteiger partial charge < -0.3 is 0 Å². The van der Waals surface area contributed by atoms with E-state index >= 15 is 0 Å². The monoisotopic (exact) mass is 246 g/mol. The van der Waals surface area contributed by atoms with Crippen LogP contribution in [0.4, 0.5) is 0 Å². The number of rotatable bonds is 4. The number of hydrogen-bond donors (Lipinski definition) is 1.